The summed E-state index contributed by atoms with van der Waals surface area (Å²) in [6.07, 6.45) is 1.79. The zero-order valence-corrected chi connectivity index (χ0v) is 20.0. The number of hydrogen-bond acceptors (Lipinski definition) is 6. The van der Waals surface area contributed by atoms with Crippen molar-refractivity contribution in [3.8, 4) is 0 Å². The van der Waals surface area contributed by atoms with E-state index in [4.69, 9.17) is 9.72 Å². The van der Waals surface area contributed by atoms with Gasteiger partial charge < -0.3 is 9.64 Å². The monoisotopic (exact) mass is 433 g/mol. The molecule has 3 heterocycles. The number of aryl methyl sites for hydroxylation is 2. The minimum Gasteiger partial charge on any atom is -0.375 e. The number of thiazole rings is 1. The second-order valence-corrected chi connectivity index (χ2v) is 9.28. The maximum absolute atomic E-state index is 13.1. The Balaban J connectivity index is 1.55. The number of aromatic nitrogens is 3. The normalized spacial score (nSPS) is 17.7. The maximum atomic E-state index is 13.1. The molecule has 0 radical (unpaired) electrons. The van der Waals surface area contributed by atoms with Gasteiger partial charge in [0, 0.05) is 63.9 Å². The molecule has 0 saturated carbocycles. The van der Waals surface area contributed by atoms with E-state index in [1.807, 2.05) is 37.4 Å². The largest absolute Gasteiger partial charge is 0.375 e. The van der Waals surface area contributed by atoms with Gasteiger partial charge in [0.05, 0.1) is 11.4 Å². The summed E-state index contributed by atoms with van der Waals surface area (Å²) in [6, 6.07) is 0. The lowest BCUT2D eigenvalue weighted by Gasteiger charge is -2.25. The smallest absolute Gasteiger partial charge is 0.225 e. The molecule has 8 heteroatoms. The minimum atomic E-state index is -0.0326. The molecule has 2 aromatic heterocycles. The topological polar surface area (TPSA) is 63.5 Å². The second-order valence-electron chi connectivity index (χ2n) is 8.39. The first-order chi connectivity index (χ1) is 14.3. The molecule has 0 bridgehead atoms. The number of ether oxygens (including phenoxy) is 1. The molecular formula is C22H35N5O2S. The van der Waals surface area contributed by atoms with Gasteiger partial charge in [0.1, 0.15) is 11.1 Å². The van der Waals surface area contributed by atoms with Crippen LogP contribution in [0.3, 0.4) is 0 Å². The van der Waals surface area contributed by atoms with Gasteiger partial charge in [-0.2, -0.15) is 5.10 Å². The van der Waals surface area contributed by atoms with Crippen molar-refractivity contribution < 1.29 is 9.53 Å². The van der Waals surface area contributed by atoms with Crippen molar-refractivity contribution in [2.24, 2.45) is 13.0 Å². The highest BCUT2D eigenvalue weighted by Crippen LogP contribution is 2.22. The molecule has 0 N–H and O–H groups in total. The number of carbonyl (C=O) groups is 1. The molecule has 1 amide bonds. The van der Waals surface area contributed by atoms with Crippen LogP contribution in [0, 0.1) is 19.8 Å². The summed E-state index contributed by atoms with van der Waals surface area (Å²) in [5, 5.41) is 7.64. The van der Waals surface area contributed by atoms with Gasteiger partial charge in [0.2, 0.25) is 5.91 Å². The summed E-state index contributed by atoms with van der Waals surface area (Å²) in [5.74, 6) is 0.221. The predicted molar refractivity (Wildman–Crippen MR) is 120 cm³/mol. The van der Waals surface area contributed by atoms with Crippen molar-refractivity contribution in [1.82, 2.24) is 24.6 Å². The van der Waals surface area contributed by atoms with Crippen molar-refractivity contribution in [2.45, 2.75) is 53.2 Å². The molecule has 2 aromatic rings. The third kappa shape index (κ3) is 5.28. The van der Waals surface area contributed by atoms with Crippen molar-refractivity contribution in [3.63, 3.8) is 0 Å². The van der Waals surface area contributed by atoms with Crippen LogP contribution >= 0.6 is 11.3 Å². The number of nitrogens with zero attached hydrogens (tertiary/aromatic N) is 5. The number of carbonyl (C=O) groups excluding carboxylic acids is 1. The van der Waals surface area contributed by atoms with E-state index < -0.39 is 0 Å². The molecule has 1 saturated heterocycles. The molecule has 2 atom stereocenters. The SMILES string of the molecule is CO[C@H](C)c1nc(CN2CCCN(C(=O)[C@@H](C)Cc3c(C)nn(C)c3C)CC2)cs1. The molecule has 7 nitrogen and oxygen atoms in total. The summed E-state index contributed by atoms with van der Waals surface area (Å²) >= 11 is 1.66. The van der Waals surface area contributed by atoms with Crippen LogP contribution in [0.2, 0.25) is 0 Å². The number of amides is 1. The van der Waals surface area contributed by atoms with Crippen molar-refractivity contribution >= 4 is 17.2 Å². The lowest BCUT2D eigenvalue weighted by molar-refractivity contribution is -0.134. The Bertz CT molecular complexity index is 862. The van der Waals surface area contributed by atoms with E-state index in [0.29, 0.717) is 0 Å². The van der Waals surface area contributed by atoms with Gasteiger partial charge in [-0.3, -0.25) is 14.4 Å². The van der Waals surface area contributed by atoms with Gasteiger partial charge in [-0.1, -0.05) is 6.92 Å². The zero-order valence-electron chi connectivity index (χ0n) is 19.1. The Morgan fingerprint density at radius 2 is 2.00 bits per heavy atom. The maximum Gasteiger partial charge on any atom is 0.225 e. The van der Waals surface area contributed by atoms with Crippen LogP contribution in [-0.2, 0) is 29.5 Å². The van der Waals surface area contributed by atoms with Crippen molar-refractivity contribution in [2.75, 3.05) is 33.3 Å². The first-order valence-electron chi connectivity index (χ1n) is 10.8. The van der Waals surface area contributed by atoms with E-state index in [-0.39, 0.29) is 17.9 Å². The van der Waals surface area contributed by atoms with E-state index in [2.05, 4.69) is 22.3 Å². The molecule has 0 unspecified atom stereocenters. The van der Waals surface area contributed by atoms with E-state index in [0.717, 1.165) is 67.7 Å². The van der Waals surface area contributed by atoms with Gasteiger partial charge in [0.25, 0.3) is 0 Å². The molecule has 1 aliphatic heterocycles. The fourth-order valence-electron chi connectivity index (χ4n) is 4.08. The molecule has 0 aromatic carbocycles. The van der Waals surface area contributed by atoms with Gasteiger partial charge in [-0.05, 0) is 39.2 Å². The lowest BCUT2D eigenvalue weighted by atomic mass is 9.98. The summed E-state index contributed by atoms with van der Waals surface area (Å²) in [6.45, 7) is 12.5. The molecular weight excluding hydrogens is 398 g/mol. The summed E-state index contributed by atoms with van der Waals surface area (Å²) in [7, 11) is 3.67. The third-order valence-electron chi connectivity index (χ3n) is 6.15. The van der Waals surface area contributed by atoms with Crippen molar-refractivity contribution in [3.05, 3.63) is 33.0 Å². The number of methoxy groups -OCH3 is 1. The average Bonchev–Trinajstić information content (AvgIpc) is 3.18. The highest BCUT2D eigenvalue weighted by Gasteiger charge is 2.25. The summed E-state index contributed by atoms with van der Waals surface area (Å²) in [5.41, 5.74) is 4.48. The first-order valence-corrected chi connectivity index (χ1v) is 11.7. The Morgan fingerprint density at radius 3 is 2.67 bits per heavy atom. The molecule has 3 rings (SSSR count). The van der Waals surface area contributed by atoms with Crippen LogP contribution in [0.4, 0.5) is 0 Å². The molecule has 1 aliphatic rings. The first kappa shape index (κ1) is 22.9. The zero-order chi connectivity index (χ0) is 21.8. The second kappa shape index (κ2) is 10.0. The van der Waals surface area contributed by atoms with Crippen LogP contribution in [0.1, 0.15) is 54.0 Å². The van der Waals surface area contributed by atoms with Crippen LogP contribution < -0.4 is 0 Å². The Labute approximate surface area is 184 Å². The predicted octanol–water partition coefficient (Wildman–Crippen LogP) is 3.11. The van der Waals surface area contributed by atoms with Gasteiger partial charge >= 0.3 is 0 Å². The highest BCUT2D eigenvalue weighted by atomic mass is 32.1. The average molecular weight is 434 g/mol. The third-order valence-corrected chi connectivity index (χ3v) is 7.20. The van der Waals surface area contributed by atoms with Gasteiger partial charge in [0.15, 0.2) is 0 Å². The van der Waals surface area contributed by atoms with Gasteiger partial charge in [-0.15, -0.1) is 11.3 Å². The quantitative estimate of drug-likeness (QED) is 0.671. The van der Waals surface area contributed by atoms with Crippen LogP contribution in [0.25, 0.3) is 0 Å². The van der Waals surface area contributed by atoms with E-state index >= 15 is 0 Å². The Kier molecular flexibility index (Phi) is 7.65. The standard InChI is InChI=1S/C22H35N5O2S/c1-15(12-20-16(2)24-25(5)17(20)3)22(28)27-9-7-8-26(10-11-27)13-19-14-30-21(23-19)18(4)29-6/h14-15,18H,7-13H2,1-6H3/t15-,18+/m0/s1. The molecule has 166 valence electrons. The molecule has 0 aliphatic carbocycles. The van der Waals surface area contributed by atoms with E-state index in [1.165, 1.54) is 5.56 Å². The fourth-order valence-corrected chi connectivity index (χ4v) is 4.92. The summed E-state index contributed by atoms with van der Waals surface area (Å²) < 4.78 is 7.27. The Morgan fingerprint density at radius 1 is 1.23 bits per heavy atom. The van der Waals surface area contributed by atoms with Crippen molar-refractivity contribution in [1.29, 1.82) is 0 Å². The summed E-state index contributed by atoms with van der Waals surface area (Å²) in [4.78, 5) is 22.3. The van der Waals surface area contributed by atoms with Crippen LogP contribution in [0.5, 0.6) is 0 Å². The van der Waals surface area contributed by atoms with Crippen LogP contribution in [-0.4, -0.2) is 63.8 Å². The fraction of sp³-hybridized carbons (Fsp3) is 0.682. The minimum absolute atomic E-state index is 0.0326. The van der Waals surface area contributed by atoms with E-state index in [1.54, 1.807) is 18.4 Å². The highest BCUT2D eigenvalue weighted by molar-refractivity contribution is 7.09. The molecule has 1 fully saturated rings. The van der Waals surface area contributed by atoms with E-state index in [9.17, 15) is 4.79 Å². The van der Waals surface area contributed by atoms with Gasteiger partial charge in [-0.25, -0.2) is 4.98 Å². The van der Waals surface area contributed by atoms with Crippen LogP contribution in [0.15, 0.2) is 5.38 Å². The molecule has 0 spiro atoms. The lowest BCUT2D eigenvalue weighted by Crippen LogP contribution is -2.38. The number of rotatable bonds is 7. The molecule has 30 heavy (non-hydrogen) atoms. The Hall–Kier alpha value is -1.77. The number of hydrogen-bond donors (Lipinski definition) is 0.